The van der Waals surface area contributed by atoms with Gasteiger partial charge in [-0.25, -0.2) is 4.68 Å². The highest BCUT2D eigenvalue weighted by Gasteiger charge is 2.30. The van der Waals surface area contributed by atoms with Gasteiger partial charge in [-0.1, -0.05) is 39.6 Å². The van der Waals surface area contributed by atoms with Crippen LogP contribution in [0.4, 0.5) is 8.78 Å². The monoisotopic (exact) mass is 477 g/mol. The second-order valence-electron chi connectivity index (χ2n) is 6.85. The zero-order valence-electron chi connectivity index (χ0n) is 16.6. The molecule has 1 unspecified atom stereocenters. The van der Waals surface area contributed by atoms with Crippen molar-refractivity contribution < 1.29 is 23.5 Å². The van der Waals surface area contributed by atoms with Crippen molar-refractivity contribution in [2.24, 2.45) is 4.58 Å². The van der Waals surface area contributed by atoms with Gasteiger partial charge in [0.1, 0.15) is 5.69 Å². The van der Waals surface area contributed by atoms with Crippen molar-refractivity contribution in [2.75, 3.05) is 0 Å². The SMILES string of the molecule is O=NSC1=CC=C(n2nc(C(F)(F)P)cc2-c2cccc(C(=O)CCC(=O)O)c2)CC=C1. The Kier molecular flexibility index (Phi) is 7.48. The van der Waals surface area contributed by atoms with Crippen LogP contribution in [0, 0.1) is 4.91 Å². The van der Waals surface area contributed by atoms with E-state index in [1.165, 1.54) is 26.1 Å². The number of aromatic nitrogens is 2. The van der Waals surface area contributed by atoms with Crippen molar-refractivity contribution in [3.05, 3.63) is 75.7 Å². The molecular weight excluding hydrogens is 459 g/mol. The molecular formula is C21H18F2N3O4PS. The number of carbonyl (C=O) groups excluding carboxylic acids is 1. The maximum absolute atomic E-state index is 14.0. The van der Waals surface area contributed by atoms with E-state index in [0.717, 1.165) is 11.9 Å². The van der Waals surface area contributed by atoms with Crippen LogP contribution in [0.25, 0.3) is 17.0 Å². The Morgan fingerprint density at radius 1 is 1.25 bits per heavy atom. The lowest BCUT2D eigenvalue weighted by Crippen LogP contribution is -2.07. The molecule has 0 saturated heterocycles. The number of benzene rings is 1. The number of hydrogen-bond donors (Lipinski definition) is 1. The first-order valence-corrected chi connectivity index (χ1v) is 10.7. The average Bonchev–Trinajstić information content (AvgIpc) is 3.08. The molecule has 1 aliphatic rings. The third-order valence-corrected chi connectivity index (χ3v) is 5.41. The quantitative estimate of drug-likeness (QED) is 0.218. The molecule has 0 fully saturated rings. The Bertz CT molecular complexity index is 1150. The van der Waals surface area contributed by atoms with E-state index in [1.54, 1.807) is 42.5 Å². The number of aliphatic carboxylic acids is 1. The van der Waals surface area contributed by atoms with Crippen LogP contribution in [0.1, 0.15) is 35.3 Å². The lowest BCUT2D eigenvalue weighted by atomic mass is 10.0. The first-order valence-electron chi connectivity index (χ1n) is 9.39. The number of hydrogen-bond acceptors (Lipinski definition) is 6. The summed E-state index contributed by atoms with van der Waals surface area (Å²) in [5.74, 6) is -1.44. The summed E-state index contributed by atoms with van der Waals surface area (Å²) in [6.07, 6.45) is 6.65. The minimum atomic E-state index is -3.27. The third kappa shape index (κ3) is 5.83. The van der Waals surface area contributed by atoms with Gasteiger partial charge in [-0.2, -0.15) is 13.9 Å². The molecule has 2 aromatic rings. The highest BCUT2D eigenvalue weighted by Crippen LogP contribution is 2.37. The fourth-order valence-corrected chi connectivity index (χ4v) is 3.56. The van der Waals surface area contributed by atoms with Gasteiger partial charge in [-0.15, -0.1) is 4.91 Å². The molecule has 11 heteroatoms. The number of rotatable bonds is 9. The van der Waals surface area contributed by atoms with Crippen LogP contribution in [0.2, 0.25) is 0 Å². The summed E-state index contributed by atoms with van der Waals surface area (Å²) in [4.78, 5) is 34.2. The van der Waals surface area contributed by atoms with E-state index in [2.05, 4.69) is 9.68 Å². The summed E-state index contributed by atoms with van der Waals surface area (Å²) >= 11 is 0.751. The lowest BCUT2D eigenvalue weighted by molar-refractivity contribution is -0.136. The van der Waals surface area contributed by atoms with Crippen LogP contribution in [-0.2, 0) is 10.5 Å². The summed E-state index contributed by atoms with van der Waals surface area (Å²) in [6, 6.07) is 7.59. The molecule has 1 aromatic carbocycles. The topological polar surface area (TPSA) is 102 Å². The van der Waals surface area contributed by atoms with Crippen molar-refractivity contribution >= 4 is 38.6 Å². The fourth-order valence-electron chi connectivity index (χ4n) is 3.04. The van der Waals surface area contributed by atoms with Crippen LogP contribution in [0.3, 0.4) is 0 Å². The number of carboxylic acid groups (broad SMARTS) is 1. The average molecular weight is 477 g/mol. The number of halogens is 2. The highest BCUT2D eigenvalue weighted by molar-refractivity contribution is 8.01. The first-order chi connectivity index (χ1) is 15.2. The smallest absolute Gasteiger partial charge is 0.303 e. The van der Waals surface area contributed by atoms with Crippen LogP contribution in [-0.4, -0.2) is 26.6 Å². The van der Waals surface area contributed by atoms with Gasteiger partial charge in [0.05, 0.1) is 24.1 Å². The molecule has 0 bridgehead atoms. The van der Waals surface area contributed by atoms with Gasteiger partial charge in [-0.3, -0.25) is 9.59 Å². The third-order valence-electron chi connectivity index (χ3n) is 4.56. The van der Waals surface area contributed by atoms with E-state index >= 15 is 0 Å². The van der Waals surface area contributed by atoms with Crippen LogP contribution < -0.4 is 0 Å². The van der Waals surface area contributed by atoms with Crippen molar-refractivity contribution in [1.82, 2.24) is 9.78 Å². The van der Waals surface area contributed by atoms with Gasteiger partial charge in [-0.05, 0) is 24.3 Å². The Balaban J connectivity index is 2.05. The van der Waals surface area contributed by atoms with E-state index in [9.17, 15) is 23.3 Å². The number of alkyl halides is 2. The summed E-state index contributed by atoms with van der Waals surface area (Å²) in [7, 11) is 1.45. The van der Waals surface area contributed by atoms with E-state index in [1.807, 2.05) is 0 Å². The predicted octanol–water partition coefficient (Wildman–Crippen LogP) is 5.62. The standard InChI is InChI=1S/C21H18F2N3O4PS/c22-21(23,31)19-12-17(13-3-1-4-14(11-13)18(27)9-10-20(28)29)26(24-19)15-5-2-6-16(8-7-15)32-25-30/h1-4,6-8,11-12H,5,9-10,31H2,(H,28,29). The zero-order chi connectivity index (χ0) is 23.3. The van der Waals surface area contributed by atoms with E-state index in [-0.39, 0.29) is 24.2 Å². The number of Topliss-reactive ketones (excluding diaryl/α,β-unsaturated/α-hetero) is 1. The lowest BCUT2D eigenvalue weighted by Gasteiger charge is -2.11. The van der Waals surface area contributed by atoms with Gasteiger partial charge in [0, 0.05) is 39.2 Å². The maximum atomic E-state index is 14.0. The molecule has 0 saturated carbocycles. The predicted molar refractivity (Wildman–Crippen MR) is 122 cm³/mol. The second-order valence-corrected chi connectivity index (χ2v) is 8.37. The Hall–Kier alpha value is -2.97. The maximum Gasteiger partial charge on any atom is 0.303 e. The first kappa shape index (κ1) is 23.7. The highest BCUT2D eigenvalue weighted by atomic mass is 32.2. The molecule has 1 N–H and O–H groups in total. The summed E-state index contributed by atoms with van der Waals surface area (Å²) in [6.45, 7) is 0. The zero-order valence-corrected chi connectivity index (χ0v) is 18.5. The van der Waals surface area contributed by atoms with Crippen molar-refractivity contribution in [3.63, 3.8) is 0 Å². The molecule has 0 radical (unpaired) electrons. The summed E-state index contributed by atoms with van der Waals surface area (Å²) < 4.78 is 32.2. The number of ketones is 1. The molecule has 1 aliphatic carbocycles. The fraction of sp³-hybridized carbons (Fsp3) is 0.190. The number of carboxylic acids is 1. The van der Waals surface area contributed by atoms with Gasteiger partial charge in [0.15, 0.2) is 5.78 Å². The van der Waals surface area contributed by atoms with Gasteiger partial charge in [0.25, 0.3) is 0 Å². The molecule has 1 atom stereocenters. The van der Waals surface area contributed by atoms with Gasteiger partial charge < -0.3 is 5.11 Å². The Morgan fingerprint density at radius 2 is 2.03 bits per heavy atom. The molecule has 0 spiro atoms. The molecule has 7 nitrogen and oxygen atoms in total. The van der Waals surface area contributed by atoms with Crippen molar-refractivity contribution in [2.45, 2.75) is 24.9 Å². The second kappa shape index (κ2) is 10.1. The van der Waals surface area contributed by atoms with Crippen LogP contribution in [0.5, 0.6) is 0 Å². The van der Waals surface area contributed by atoms with Crippen LogP contribution >= 0.6 is 21.2 Å². The summed E-state index contributed by atoms with van der Waals surface area (Å²) in [5.41, 5.74) is -2.08. The Morgan fingerprint density at radius 3 is 2.72 bits per heavy atom. The minimum Gasteiger partial charge on any atom is -0.481 e. The Labute approximate surface area is 188 Å². The number of nitroso groups, excluding NO2 is 1. The molecule has 0 amide bonds. The normalized spacial score (nSPS) is 13.8. The van der Waals surface area contributed by atoms with Crippen molar-refractivity contribution in [1.29, 1.82) is 0 Å². The molecule has 32 heavy (non-hydrogen) atoms. The number of allylic oxidation sites excluding steroid dienone is 5. The van der Waals surface area contributed by atoms with Gasteiger partial charge >= 0.3 is 11.6 Å². The van der Waals surface area contributed by atoms with Gasteiger partial charge in [0.2, 0.25) is 0 Å². The van der Waals surface area contributed by atoms with E-state index in [0.29, 0.717) is 28.3 Å². The van der Waals surface area contributed by atoms with Crippen LogP contribution in [0.15, 0.2) is 64.1 Å². The molecule has 1 aromatic heterocycles. The van der Waals surface area contributed by atoms with Crippen molar-refractivity contribution in [3.8, 4) is 11.3 Å². The summed E-state index contributed by atoms with van der Waals surface area (Å²) in [5, 5.41) is 12.9. The minimum absolute atomic E-state index is 0.168. The number of carbonyl (C=O) groups is 2. The molecule has 0 aliphatic heterocycles. The molecule has 166 valence electrons. The van der Waals surface area contributed by atoms with E-state index in [4.69, 9.17) is 5.11 Å². The number of nitrogens with zero attached hydrogens (tertiary/aromatic N) is 3. The molecule has 3 rings (SSSR count). The largest absolute Gasteiger partial charge is 0.481 e. The molecule has 1 heterocycles. The van der Waals surface area contributed by atoms with E-state index < -0.39 is 17.3 Å².